The van der Waals surface area contributed by atoms with Crippen LogP contribution in [0.4, 0.5) is 10.1 Å². The van der Waals surface area contributed by atoms with Crippen molar-refractivity contribution in [3.8, 4) is 0 Å². The van der Waals surface area contributed by atoms with Gasteiger partial charge in [0.2, 0.25) is 5.91 Å². The van der Waals surface area contributed by atoms with E-state index in [-0.39, 0.29) is 16.0 Å². The van der Waals surface area contributed by atoms with Gasteiger partial charge in [-0.15, -0.1) is 0 Å². The van der Waals surface area contributed by atoms with Crippen molar-refractivity contribution in [2.75, 3.05) is 5.32 Å². The molecule has 6 heteroatoms. The first-order chi connectivity index (χ1) is 8.92. The lowest BCUT2D eigenvalue weighted by Crippen LogP contribution is -2.52. The van der Waals surface area contributed by atoms with Gasteiger partial charge >= 0.3 is 0 Å². The van der Waals surface area contributed by atoms with Crippen molar-refractivity contribution < 1.29 is 9.18 Å². The highest BCUT2D eigenvalue weighted by molar-refractivity contribution is 6.35. The van der Waals surface area contributed by atoms with E-state index in [2.05, 4.69) is 5.32 Å². The second-order valence-corrected chi connectivity index (χ2v) is 5.74. The maximum atomic E-state index is 13.3. The molecule has 0 unspecified atom stereocenters. The molecule has 0 saturated heterocycles. The van der Waals surface area contributed by atoms with Gasteiger partial charge in [0.15, 0.2) is 5.82 Å². The molecule has 0 spiro atoms. The van der Waals surface area contributed by atoms with Crippen LogP contribution in [0.25, 0.3) is 0 Å². The van der Waals surface area contributed by atoms with Crippen molar-refractivity contribution in [2.24, 2.45) is 5.73 Å². The van der Waals surface area contributed by atoms with E-state index in [1.807, 2.05) is 0 Å². The Labute approximate surface area is 121 Å². The molecule has 1 amide bonds. The Balaban J connectivity index is 2.14. The second-order valence-electron chi connectivity index (χ2n) is 4.92. The van der Waals surface area contributed by atoms with E-state index < -0.39 is 11.4 Å². The van der Waals surface area contributed by atoms with Gasteiger partial charge in [-0.1, -0.05) is 42.5 Å². The number of carbonyl (C=O) groups excluding carboxylic acids is 1. The largest absolute Gasteiger partial charge is 0.324 e. The molecule has 1 aromatic carbocycles. The highest BCUT2D eigenvalue weighted by Gasteiger charge is 2.35. The van der Waals surface area contributed by atoms with Crippen molar-refractivity contribution in [1.29, 1.82) is 0 Å². The zero-order valence-corrected chi connectivity index (χ0v) is 11.8. The van der Waals surface area contributed by atoms with E-state index in [0.717, 1.165) is 19.3 Å². The summed E-state index contributed by atoms with van der Waals surface area (Å²) in [6, 6.07) is 2.65. The number of nitrogens with one attached hydrogen (secondary N) is 1. The third-order valence-electron chi connectivity index (χ3n) is 3.44. The van der Waals surface area contributed by atoms with E-state index in [9.17, 15) is 9.18 Å². The first-order valence-electron chi connectivity index (χ1n) is 6.17. The molecule has 2 rings (SSSR count). The molecule has 1 aliphatic carbocycles. The highest BCUT2D eigenvalue weighted by atomic mass is 35.5. The average molecular weight is 305 g/mol. The molecule has 0 radical (unpaired) electrons. The number of hydrogen-bond donors (Lipinski definition) is 2. The predicted octanol–water partition coefficient (Wildman–Crippen LogP) is 3.73. The zero-order valence-electron chi connectivity index (χ0n) is 10.3. The molecule has 0 aliphatic heterocycles. The van der Waals surface area contributed by atoms with E-state index in [1.165, 1.54) is 12.1 Å². The molecule has 104 valence electrons. The van der Waals surface area contributed by atoms with Crippen molar-refractivity contribution in [2.45, 2.75) is 37.6 Å². The Morgan fingerprint density at radius 3 is 2.26 bits per heavy atom. The SMILES string of the molecule is NC1(C(=O)Nc2cc(Cl)c(F)c(Cl)c2)CCCCC1. The number of halogens is 3. The van der Waals surface area contributed by atoms with Gasteiger partial charge in [-0.2, -0.15) is 0 Å². The summed E-state index contributed by atoms with van der Waals surface area (Å²) in [5.41, 5.74) is 5.61. The first kappa shape index (κ1) is 14.6. The molecule has 1 saturated carbocycles. The number of nitrogens with two attached hydrogens (primary N) is 1. The molecule has 1 fully saturated rings. The minimum atomic E-state index is -0.856. The molecule has 3 N–H and O–H groups in total. The van der Waals surface area contributed by atoms with Crippen LogP contribution in [0.1, 0.15) is 32.1 Å². The standard InChI is InChI=1S/C13H15Cl2FN2O/c14-9-6-8(7-10(15)11(9)16)18-12(19)13(17)4-2-1-3-5-13/h6-7H,1-5,17H2,(H,18,19). The summed E-state index contributed by atoms with van der Waals surface area (Å²) in [4.78, 5) is 12.2. The highest BCUT2D eigenvalue weighted by Crippen LogP contribution is 2.30. The van der Waals surface area contributed by atoms with E-state index >= 15 is 0 Å². The van der Waals surface area contributed by atoms with Crippen LogP contribution in [0.15, 0.2) is 12.1 Å². The Morgan fingerprint density at radius 1 is 1.21 bits per heavy atom. The molecule has 1 aliphatic rings. The van der Waals surface area contributed by atoms with Gasteiger partial charge in [-0.25, -0.2) is 4.39 Å². The van der Waals surface area contributed by atoms with E-state index in [0.29, 0.717) is 18.5 Å². The number of anilines is 1. The predicted molar refractivity (Wildman–Crippen MR) is 75.1 cm³/mol. The summed E-state index contributed by atoms with van der Waals surface area (Å²) in [6.07, 6.45) is 4.28. The number of amides is 1. The molecule has 3 nitrogen and oxygen atoms in total. The van der Waals surface area contributed by atoms with Crippen molar-refractivity contribution in [1.82, 2.24) is 0 Å². The van der Waals surface area contributed by atoms with Crippen LogP contribution in [0.3, 0.4) is 0 Å². The third kappa shape index (κ3) is 3.19. The average Bonchev–Trinajstić information content (AvgIpc) is 2.36. The van der Waals surface area contributed by atoms with Gasteiger partial charge in [0.25, 0.3) is 0 Å². The van der Waals surface area contributed by atoms with Crippen LogP contribution in [0.2, 0.25) is 10.0 Å². The minimum Gasteiger partial charge on any atom is -0.324 e. The number of hydrogen-bond acceptors (Lipinski definition) is 2. The lowest BCUT2D eigenvalue weighted by atomic mass is 9.82. The van der Waals surface area contributed by atoms with Crippen molar-refractivity contribution >= 4 is 34.8 Å². The first-order valence-corrected chi connectivity index (χ1v) is 6.93. The Morgan fingerprint density at radius 2 is 1.74 bits per heavy atom. The van der Waals surface area contributed by atoms with Gasteiger partial charge in [0, 0.05) is 5.69 Å². The molecular formula is C13H15Cl2FN2O. The molecular weight excluding hydrogens is 290 g/mol. The second kappa shape index (κ2) is 5.65. The third-order valence-corrected chi connectivity index (χ3v) is 3.99. The summed E-state index contributed by atoms with van der Waals surface area (Å²) >= 11 is 11.4. The zero-order chi connectivity index (χ0) is 14.0. The van der Waals surface area contributed by atoms with Crippen LogP contribution < -0.4 is 11.1 Å². The number of rotatable bonds is 2. The molecule has 0 aromatic heterocycles. The summed E-state index contributed by atoms with van der Waals surface area (Å²) in [6.45, 7) is 0. The van der Waals surface area contributed by atoms with E-state index in [1.54, 1.807) is 0 Å². The normalized spacial score (nSPS) is 18.1. The van der Waals surface area contributed by atoms with Crippen LogP contribution >= 0.6 is 23.2 Å². The summed E-state index contributed by atoms with van der Waals surface area (Å²) in [5, 5.41) is 2.41. The van der Waals surface area contributed by atoms with Gasteiger partial charge in [-0.05, 0) is 25.0 Å². The Kier molecular flexibility index (Phi) is 4.33. The summed E-state index contributed by atoms with van der Waals surface area (Å²) < 4.78 is 13.3. The van der Waals surface area contributed by atoms with Gasteiger partial charge < -0.3 is 11.1 Å². The maximum Gasteiger partial charge on any atom is 0.244 e. The minimum absolute atomic E-state index is 0.127. The smallest absolute Gasteiger partial charge is 0.244 e. The monoisotopic (exact) mass is 304 g/mol. The lowest BCUT2D eigenvalue weighted by molar-refractivity contribution is -0.122. The maximum absolute atomic E-state index is 13.3. The lowest BCUT2D eigenvalue weighted by Gasteiger charge is -2.31. The molecule has 19 heavy (non-hydrogen) atoms. The van der Waals surface area contributed by atoms with Gasteiger partial charge in [-0.3, -0.25) is 4.79 Å². The molecule has 0 atom stereocenters. The summed E-state index contributed by atoms with van der Waals surface area (Å²) in [5.74, 6) is -0.965. The quantitative estimate of drug-likeness (QED) is 0.818. The fourth-order valence-corrected chi connectivity index (χ4v) is 2.78. The Bertz CT molecular complexity index is 478. The number of benzene rings is 1. The van der Waals surface area contributed by atoms with Crippen LogP contribution in [0.5, 0.6) is 0 Å². The number of carbonyl (C=O) groups is 1. The van der Waals surface area contributed by atoms with Gasteiger partial charge in [0.1, 0.15) is 0 Å². The van der Waals surface area contributed by atoms with Crippen molar-refractivity contribution in [3.05, 3.63) is 28.0 Å². The molecule has 0 bridgehead atoms. The molecule has 0 heterocycles. The fraction of sp³-hybridized carbons (Fsp3) is 0.462. The topological polar surface area (TPSA) is 55.1 Å². The van der Waals surface area contributed by atoms with Gasteiger partial charge in [0.05, 0.1) is 15.6 Å². The summed E-state index contributed by atoms with van der Waals surface area (Å²) in [7, 11) is 0. The fourth-order valence-electron chi connectivity index (χ4n) is 2.29. The van der Waals surface area contributed by atoms with Crippen LogP contribution in [-0.2, 0) is 4.79 Å². The molecule has 1 aromatic rings. The van der Waals surface area contributed by atoms with Crippen LogP contribution in [0, 0.1) is 5.82 Å². The van der Waals surface area contributed by atoms with Crippen molar-refractivity contribution in [3.63, 3.8) is 0 Å². The van der Waals surface area contributed by atoms with Crippen LogP contribution in [-0.4, -0.2) is 11.4 Å². The Hall–Kier alpha value is -0.840. The van der Waals surface area contributed by atoms with E-state index in [4.69, 9.17) is 28.9 Å².